The van der Waals surface area contributed by atoms with Gasteiger partial charge in [0, 0.05) is 11.2 Å². The quantitative estimate of drug-likeness (QED) is 0.761. The molecule has 0 aromatic heterocycles. The predicted molar refractivity (Wildman–Crippen MR) is 75.2 cm³/mol. The lowest BCUT2D eigenvalue weighted by atomic mass is 9.83. The van der Waals surface area contributed by atoms with Crippen LogP contribution in [0, 0.1) is 11.3 Å². The lowest BCUT2D eigenvalue weighted by Crippen LogP contribution is -2.27. The van der Waals surface area contributed by atoms with Crippen LogP contribution in [0.25, 0.3) is 0 Å². The summed E-state index contributed by atoms with van der Waals surface area (Å²) < 4.78 is 10.9. The van der Waals surface area contributed by atoms with Gasteiger partial charge < -0.3 is 9.47 Å². The summed E-state index contributed by atoms with van der Waals surface area (Å²) in [6, 6.07) is 7.70. The number of hydrogen-bond donors (Lipinski definition) is 0. The van der Waals surface area contributed by atoms with E-state index in [1.807, 2.05) is 24.3 Å². The highest BCUT2D eigenvalue weighted by Crippen LogP contribution is 2.28. The van der Waals surface area contributed by atoms with Gasteiger partial charge in [-0.05, 0) is 29.7 Å². The zero-order chi connectivity index (χ0) is 12.9. The first-order valence-corrected chi connectivity index (χ1v) is 6.92. The highest BCUT2D eigenvalue weighted by atomic mass is 79.9. The van der Waals surface area contributed by atoms with Gasteiger partial charge in [-0.3, -0.25) is 0 Å². The van der Waals surface area contributed by atoms with E-state index in [9.17, 15) is 0 Å². The first-order valence-electron chi connectivity index (χ1n) is 5.80. The minimum atomic E-state index is 0.246. The molecule has 0 bridgehead atoms. The molecule has 1 unspecified atom stereocenters. The predicted octanol–water partition coefficient (Wildman–Crippen LogP) is 4.13. The summed E-state index contributed by atoms with van der Waals surface area (Å²) in [6.07, 6.45) is 0. The fourth-order valence-electron chi connectivity index (χ4n) is 1.39. The van der Waals surface area contributed by atoms with E-state index >= 15 is 0 Å². The molecule has 0 aliphatic heterocycles. The summed E-state index contributed by atoms with van der Waals surface area (Å²) >= 11 is 3.55. The molecule has 3 heteroatoms. The molecule has 0 saturated carbocycles. The van der Waals surface area contributed by atoms with Crippen LogP contribution in [0.5, 0.6) is 11.5 Å². The van der Waals surface area contributed by atoms with Crippen molar-refractivity contribution in [1.82, 2.24) is 0 Å². The second-order valence-corrected chi connectivity index (χ2v) is 5.85. The Hall–Kier alpha value is -0.700. The Balaban J connectivity index is 2.54. The smallest absolute Gasteiger partial charge is 0.119 e. The normalized spacial score (nSPS) is 13.2. The molecule has 0 aliphatic carbocycles. The first-order chi connectivity index (χ1) is 7.97. The standard InChI is InChI=1S/C14H21BrO2/c1-14(2,3)11(9-15)10-17-13-7-5-12(16-4)6-8-13/h5-8,11H,9-10H2,1-4H3. The molecule has 0 heterocycles. The summed E-state index contributed by atoms with van der Waals surface area (Å²) in [7, 11) is 1.66. The van der Waals surface area contributed by atoms with Gasteiger partial charge in [0.25, 0.3) is 0 Å². The van der Waals surface area contributed by atoms with E-state index in [1.54, 1.807) is 7.11 Å². The third-order valence-corrected chi connectivity index (χ3v) is 3.70. The maximum Gasteiger partial charge on any atom is 0.119 e. The van der Waals surface area contributed by atoms with Gasteiger partial charge in [-0.1, -0.05) is 36.7 Å². The highest BCUT2D eigenvalue weighted by Gasteiger charge is 2.24. The Labute approximate surface area is 112 Å². The van der Waals surface area contributed by atoms with Crippen molar-refractivity contribution in [2.24, 2.45) is 11.3 Å². The molecule has 0 radical (unpaired) electrons. The molecular weight excluding hydrogens is 280 g/mol. The summed E-state index contributed by atoms with van der Waals surface area (Å²) in [5.74, 6) is 2.23. The number of hydrogen-bond acceptors (Lipinski definition) is 2. The summed E-state index contributed by atoms with van der Waals surface area (Å²) in [4.78, 5) is 0. The average Bonchev–Trinajstić information content (AvgIpc) is 2.29. The number of methoxy groups -OCH3 is 1. The van der Waals surface area contributed by atoms with Crippen molar-refractivity contribution in [3.05, 3.63) is 24.3 Å². The van der Waals surface area contributed by atoms with Crippen molar-refractivity contribution in [1.29, 1.82) is 0 Å². The molecule has 1 aromatic rings. The summed E-state index contributed by atoms with van der Waals surface area (Å²) in [5, 5.41) is 0.951. The van der Waals surface area contributed by atoms with Gasteiger partial charge in [-0.2, -0.15) is 0 Å². The molecule has 1 atom stereocenters. The van der Waals surface area contributed by atoms with E-state index in [-0.39, 0.29) is 5.41 Å². The van der Waals surface area contributed by atoms with Crippen LogP contribution in [0.15, 0.2) is 24.3 Å². The number of rotatable bonds is 5. The van der Waals surface area contributed by atoms with Gasteiger partial charge in [-0.25, -0.2) is 0 Å². The number of halogens is 1. The van der Waals surface area contributed by atoms with Gasteiger partial charge >= 0.3 is 0 Å². The van der Waals surface area contributed by atoms with Crippen molar-refractivity contribution in [3.8, 4) is 11.5 Å². The highest BCUT2D eigenvalue weighted by molar-refractivity contribution is 9.09. The zero-order valence-corrected chi connectivity index (χ0v) is 12.6. The van der Waals surface area contributed by atoms with Crippen LogP contribution in [-0.2, 0) is 0 Å². The van der Waals surface area contributed by atoms with E-state index < -0.39 is 0 Å². The number of alkyl halides is 1. The molecule has 1 aromatic carbocycles. The van der Waals surface area contributed by atoms with Gasteiger partial charge in [0.1, 0.15) is 11.5 Å². The molecule has 1 rings (SSSR count). The van der Waals surface area contributed by atoms with Crippen molar-refractivity contribution >= 4 is 15.9 Å². The van der Waals surface area contributed by atoms with Crippen molar-refractivity contribution in [2.45, 2.75) is 20.8 Å². The average molecular weight is 301 g/mol. The molecule has 2 nitrogen and oxygen atoms in total. The van der Waals surface area contributed by atoms with Crippen LogP contribution < -0.4 is 9.47 Å². The lowest BCUT2D eigenvalue weighted by molar-refractivity contribution is 0.166. The Morgan fingerprint density at radius 2 is 1.65 bits per heavy atom. The van der Waals surface area contributed by atoms with Crippen LogP contribution in [0.4, 0.5) is 0 Å². The van der Waals surface area contributed by atoms with Gasteiger partial charge in [0.2, 0.25) is 0 Å². The maximum atomic E-state index is 5.80. The van der Waals surface area contributed by atoms with E-state index in [0.29, 0.717) is 5.92 Å². The SMILES string of the molecule is COc1ccc(OCC(CBr)C(C)(C)C)cc1. The van der Waals surface area contributed by atoms with Crippen LogP contribution >= 0.6 is 15.9 Å². The molecule has 0 aliphatic rings. The molecule has 0 spiro atoms. The third kappa shape index (κ3) is 4.58. The second-order valence-electron chi connectivity index (χ2n) is 5.20. The molecule has 0 fully saturated rings. The number of benzene rings is 1. The summed E-state index contributed by atoms with van der Waals surface area (Å²) in [5.41, 5.74) is 0.246. The van der Waals surface area contributed by atoms with E-state index in [0.717, 1.165) is 23.4 Å². The largest absolute Gasteiger partial charge is 0.497 e. The van der Waals surface area contributed by atoms with Crippen LogP contribution in [-0.4, -0.2) is 19.0 Å². The fraction of sp³-hybridized carbons (Fsp3) is 0.571. The molecule has 0 saturated heterocycles. The Morgan fingerprint density at radius 1 is 1.12 bits per heavy atom. The minimum Gasteiger partial charge on any atom is -0.497 e. The van der Waals surface area contributed by atoms with Crippen LogP contribution in [0.3, 0.4) is 0 Å². The molecule has 17 heavy (non-hydrogen) atoms. The summed E-state index contributed by atoms with van der Waals surface area (Å²) in [6.45, 7) is 7.42. The minimum absolute atomic E-state index is 0.246. The van der Waals surface area contributed by atoms with E-state index in [1.165, 1.54) is 0 Å². The van der Waals surface area contributed by atoms with Crippen molar-refractivity contribution < 1.29 is 9.47 Å². The fourth-order valence-corrected chi connectivity index (χ4v) is 2.55. The first kappa shape index (κ1) is 14.4. The molecule has 0 amide bonds. The van der Waals surface area contributed by atoms with E-state index in [4.69, 9.17) is 9.47 Å². The van der Waals surface area contributed by atoms with E-state index in [2.05, 4.69) is 36.7 Å². The molecule has 96 valence electrons. The van der Waals surface area contributed by atoms with Crippen molar-refractivity contribution in [2.75, 3.05) is 19.0 Å². The molecular formula is C14H21BrO2. The van der Waals surface area contributed by atoms with Gasteiger partial charge in [0.05, 0.1) is 13.7 Å². The van der Waals surface area contributed by atoms with Gasteiger partial charge in [0.15, 0.2) is 0 Å². The zero-order valence-electron chi connectivity index (χ0n) is 11.0. The van der Waals surface area contributed by atoms with Crippen molar-refractivity contribution in [3.63, 3.8) is 0 Å². The van der Waals surface area contributed by atoms with Crippen LogP contribution in [0.1, 0.15) is 20.8 Å². The Morgan fingerprint density at radius 3 is 2.06 bits per heavy atom. The monoisotopic (exact) mass is 300 g/mol. The lowest BCUT2D eigenvalue weighted by Gasteiger charge is -2.28. The second kappa shape index (κ2) is 6.29. The van der Waals surface area contributed by atoms with Crippen LogP contribution in [0.2, 0.25) is 0 Å². The number of ether oxygens (including phenoxy) is 2. The Kier molecular flexibility index (Phi) is 5.31. The molecule has 0 N–H and O–H groups in total. The third-order valence-electron chi connectivity index (χ3n) is 2.92. The topological polar surface area (TPSA) is 18.5 Å². The van der Waals surface area contributed by atoms with Gasteiger partial charge in [-0.15, -0.1) is 0 Å². The maximum absolute atomic E-state index is 5.80. The Bertz CT molecular complexity index is 327.